The monoisotopic (exact) mass is 422 g/mol. The summed E-state index contributed by atoms with van der Waals surface area (Å²) in [7, 11) is 0. The van der Waals surface area contributed by atoms with Crippen LogP contribution in [0.5, 0.6) is 0 Å². The second kappa shape index (κ2) is 9.76. The number of carbonyl (C=O) groups excluding carboxylic acids is 1. The topological polar surface area (TPSA) is 79.3 Å². The Morgan fingerprint density at radius 1 is 1.00 bits per heavy atom. The van der Waals surface area contributed by atoms with Gasteiger partial charge in [-0.1, -0.05) is 30.3 Å². The molecule has 2 heterocycles. The average Bonchev–Trinajstić information content (AvgIpc) is 2.83. The van der Waals surface area contributed by atoms with Crippen LogP contribution in [0.2, 0.25) is 0 Å². The molecular formula is C24H26N2O5. The van der Waals surface area contributed by atoms with E-state index in [0.717, 1.165) is 23.2 Å². The summed E-state index contributed by atoms with van der Waals surface area (Å²) in [5.74, 6) is -0.967. The van der Waals surface area contributed by atoms with Crippen LogP contribution in [0, 0.1) is 0 Å². The first-order chi connectivity index (χ1) is 15.1. The van der Waals surface area contributed by atoms with Gasteiger partial charge in [-0.05, 0) is 47.4 Å². The zero-order valence-electron chi connectivity index (χ0n) is 17.3. The first-order valence-corrected chi connectivity index (χ1v) is 10.5. The lowest BCUT2D eigenvalue weighted by Gasteiger charge is -2.33. The average molecular weight is 422 g/mol. The Morgan fingerprint density at radius 2 is 1.77 bits per heavy atom. The molecule has 7 nitrogen and oxygen atoms in total. The lowest BCUT2D eigenvalue weighted by molar-refractivity contribution is 0.0548. The zero-order chi connectivity index (χ0) is 21.6. The largest absolute Gasteiger partial charge is 0.478 e. The van der Waals surface area contributed by atoms with Gasteiger partial charge in [0.25, 0.3) is 0 Å². The highest BCUT2D eigenvalue weighted by molar-refractivity contribution is 5.93. The van der Waals surface area contributed by atoms with Crippen molar-refractivity contribution < 1.29 is 24.2 Å². The summed E-state index contributed by atoms with van der Waals surface area (Å²) in [4.78, 5) is 28.2. The van der Waals surface area contributed by atoms with Gasteiger partial charge in [0.1, 0.15) is 0 Å². The summed E-state index contributed by atoms with van der Waals surface area (Å²) < 4.78 is 10.8. The smallest absolute Gasteiger partial charge is 0.335 e. The number of carboxylic acids is 1. The van der Waals surface area contributed by atoms with Crippen LogP contribution in [0.1, 0.15) is 27.9 Å². The van der Waals surface area contributed by atoms with E-state index in [9.17, 15) is 9.59 Å². The normalized spacial score (nSPS) is 16.5. The molecule has 0 aliphatic carbocycles. The van der Waals surface area contributed by atoms with E-state index in [4.69, 9.17) is 14.6 Å². The van der Waals surface area contributed by atoms with Gasteiger partial charge in [0.15, 0.2) is 0 Å². The van der Waals surface area contributed by atoms with Gasteiger partial charge < -0.3 is 19.5 Å². The number of anilines is 1. The van der Waals surface area contributed by atoms with Crippen molar-refractivity contribution in [1.82, 2.24) is 4.90 Å². The Morgan fingerprint density at radius 3 is 2.45 bits per heavy atom. The minimum atomic E-state index is -0.967. The van der Waals surface area contributed by atoms with Gasteiger partial charge in [0, 0.05) is 18.8 Å². The predicted octanol–water partition coefficient (Wildman–Crippen LogP) is 3.65. The van der Waals surface area contributed by atoms with E-state index in [1.165, 1.54) is 5.57 Å². The molecule has 162 valence electrons. The van der Waals surface area contributed by atoms with Gasteiger partial charge in [0.05, 0.1) is 38.5 Å². The maximum atomic E-state index is 13.4. The van der Waals surface area contributed by atoms with E-state index >= 15 is 0 Å². The standard InChI is InChI=1S/C24H26N2O5/c27-23(28)20-6-4-18(5-7-20)17-26(24(29)25-10-14-31-15-11-25)22-3-1-2-21(16-22)19-8-12-30-13-9-19/h1-8,16H,9-15,17H2,(H,27,28). The number of urea groups is 1. The molecule has 0 unspecified atom stereocenters. The molecule has 4 rings (SSSR count). The SMILES string of the molecule is O=C(O)c1ccc(CN(C(=O)N2CCOCC2)c2cccc(C3=CCOCC3)c2)cc1. The molecule has 0 bridgehead atoms. The summed E-state index contributed by atoms with van der Waals surface area (Å²) in [6.45, 7) is 3.81. The molecule has 31 heavy (non-hydrogen) atoms. The third-order valence-electron chi connectivity index (χ3n) is 5.55. The summed E-state index contributed by atoms with van der Waals surface area (Å²) in [6, 6.07) is 14.6. The van der Waals surface area contributed by atoms with Crippen LogP contribution in [0.3, 0.4) is 0 Å². The highest BCUT2D eigenvalue weighted by Gasteiger charge is 2.25. The van der Waals surface area contributed by atoms with E-state index < -0.39 is 5.97 Å². The first-order valence-electron chi connectivity index (χ1n) is 10.5. The number of hydrogen-bond donors (Lipinski definition) is 1. The van der Waals surface area contributed by atoms with Gasteiger partial charge in [-0.2, -0.15) is 0 Å². The summed E-state index contributed by atoms with van der Waals surface area (Å²) >= 11 is 0. The number of aromatic carboxylic acids is 1. The molecule has 0 aromatic heterocycles. The van der Waals surface area contributed by atoms with Gasteiger partial charge in [-0.25, -0.2) is 9.59 Å². The summed E-state index contributed by atoms with van der Waals surface area (Å²) in [6.07, 6.45) is 2.93. The fraction of sp³-hybridized carbons (Fsp3) is 0.333. The van der Waals surface area contributed by atoms with Crippen molar-refractivity contribution >= 4 is 23.3 Å². The fourth-order valence-electron chi connectivity index (χ4n) is 3.79. The molecule has 2 aliphatic rings. The number of benzene rings is 2. The first kappa shape index (κ1) is 21.1. The number of carboxylic acid groups (broad SMARTS) is 1. The number of hydrogen-bond acceptors (Lipinski definition) is 4. The van der Waals surface area contributed by atoms with Crippen molar-refractivity contribution in [2.75, 3.05) is 44.4 Å². The maximum Gasteiger partial charge on any atom is 0.335 e. The van der Waals surface area contributed by atoms with Gasteiger partial charge >= 0.3 is 12.0 Å². The number of amides is 2. The molecule has 7 heteroatoms. The second-order valence-electron chi connectivity index (χ2n) is 7.57. The Hall–Kier alpha value is -3.16. The van der Waals surface area contributed by atoms with Crippen molar-refractivity contribution in [2.24, 2.45) is 0 Å². The highest BCUT2D eigenvalue weighted by Crippen LogP contribution is 2.27. The molecule has 1 saturated heterocycles. The van der Waals surface area contributed by atoms with E-state index in [1.807, 2.05) is 18.2 Å². The van der Waals surface area contributed by atoms with Crippen LogP contribution in [0.4, 0.5) is 10.5 Å². The Balaban J connectivity index is 1.64. The maximum absolute atomic E-state index is 13.4. The Bertz CT molecular complexity index is 964. The number of carbonyl (C=O) groups is 2. The van der Waals surface area contributed by atoms with Crippen LogP contribution in [0.15, 0.2) is 54.6 Å². The number of rotatable bonds is 5. The number of morpholine rings is 1. The number of nitrogens with zero attached hydrogens (tertiary/aromatic N) is 2. The van der Waals surface area contributed by atoms with Crippen molar-refractivity contribution in [1.29, 1.82) is 0 Å². The quantitative estimate of drug-likeness (QED) is 0.796. The molecule has 2 aliphatic heterocycles. The van der Waals surface area contributed by atoms with Gasteiger partial charge in [-0.15, -0.1) is 0 Å². The Kier molecular flexibility index (Phi) is 6.64. The van der Waals surface area contributed by atoms with Crippen molar-refractivity contribution in [3.63, 3.8) is 0 Å². The molecular weight excluding hydrogens is 396 g/mol. The summed E-state index contributed by atoms with van der Waals surface area (Å²) in [5, 5.41) is 9.15. The van der Waals surface area contributed by atoms with Crippen LogP contribution in [-0.4, -0.2) is 61.5 Å². The molecule has 1 N–H and O–H groups in total. The van der Waals surface area contributed by atoms with Crippen LogP contribution in [0.25, 0.3) is 5.57 Å². The van der Waals surface area contributed by atoms with Gasteiger partial charge in [0.2, 0.25) is 0 Å². The highest BCUT2D eigenvalue weighted by atomic mass is 16.5. The minimum Gasteiger partial charge on any atom is -0.478 e. The molecule has 2 aromatic carbocycles. The van der Waals surface area contributed by atoms with Crippen molar-refractivity contribution in [3.05, 3.63) is 71.3 Å². The predicted molar refractivity (Wildman–Crippen MR) is 117 cm³/mol. The molecule has 0 radical (unpaired) electrons. The third-order valence-corrected chi connectivity index (χ3v) is 5.55. The van der Waals surface area contributed by atoms with Crippen LogP contribution >= 0.6 is 0 Å². The molecule has 0 atom stereocenters. The second-order valence-corrected chi connectivity index (χ2v) is 7.57. The van der Waals surface area contributed by atoms with E-state index in [2.05, 4.69) is 12.1 Å². The minimum absolute atomic E-state index is 0.0799. The van der Waals surface area contributed by atoms with E-state index in [1.54, 1.807) is 34.1 Å². The fourth-order valence-corrected chi connectivity index (χ4v) is 3.79. The molecule has 2 aromatic rings. The molecule has 0 spiro atoms. The van der Waals surface area contributed by atoms with Crippen LogP contribution in [-0.2, 0) is 16.0 Å². The Labute approximate surface area is 181 Å². The van der Waals surface area contributed by atoms with Gasteiger partial charge in [-0.3, -0.25) is 4.90 Å². The lowest BCUT2D eigenvalue weighted by Crippen LogP contribution is -2.48. The summed E-state index contributed by atoms with van der Waals surface area (Å²) in [5.41, 5.74) is 4.20. The zero-order valence-corrected chi connectivity index (χ0v) is 17.3. The van der Waals surface area contributed by atoms with E-state index in [0.29, 0.717) is 46.1 Å². The molecule has 0 saturated carbocycles. The van der Waals surface area contributed by atoms with E-state index in [-0.39, 0.29) is 11.6 Å². The third kappa shape index (κ3) is 5.13. The molecule has 2 amide bonds. The van der Waals surface area contributed by atoms with Crippen molar-refractivity contribution in [3.8, 4) is 0 Å². The van der Waals surface area contributed by atoms with Crippen LogP contribution < -0.4 is 4.90 Å². The molecule has 1 fully saturated rings. The lowest BCUT2D eigenvalue weighted by atomic mass is 10.0. The number of ether oxygens (including phenoxy) is 2. The van der Waals surface area contributed by atoms with Crippen molar-refractivity contribution in [2.45, 2.75) is 13.0 Å².